The van der Waals surface area contributed by atoms with Gasteiger partial charge < -0.3 is 14.6 Å². The number of carbonyl (C=O) groups excluding carboxylic acids is 1. The van der Waals surface area contributed by atoms with E-state index in [1.165, 1.54) is 5.56 Å². The van der Waals surface area contributed by atoms with Gasteiger partial charge in [0.2, 0.25) is 5.91 Å². The van der Waals surface area contributed by atoms with Crippen molar-refractivity contribution in [3.8, 4) is 5.75 Å². The summed E-state index contributed by atoms with van der Waals surface area (Å²) in [4.78, 5) is 12.4. The summed E-state index contributed by atoms with van der Waals surface area (Å²) in [5.41, 5.74) is 2.30. The molecule has 0 saturated heterocycles. The number of para-hydroxylation sites is 1. The molecule has 0 bridgehead atoms. The van der Waals surface area contributed by atoms with Crippen LogP contribution in [0.1, 0.15) is 25.3 Å². The van der Waals surface area contributed by atoms with Gasteiger partial charge in [-0.15, -0.1) is 0 Å². The van der Waals surface area contributed by atoms with Crippen LogP contribution in [-0.2, 0) is 17.8 Å². The van der Waals surface area contributed by atoms with Crippen molar-refractivity contribution >= 4 is 16.8 Å². The second-order valence-corrected chi connectivity index (χ2v) is 6.69. The third-order valence-electron chi connectivity index (χ3n) is 4.64. The van der Waals surface area contributed by atoms with Crippen LogP contribution in [0.2, 0.25) is 0 Å². The lowest BCUT2D eigenvalue weighted by Crippen LogP contribution is -2.35. The minimum atomic E-state index is 0.0283. The van der Waals surface area contributed by atoms with E-state index in [1.54, 1.807) is 7.11 Å². The molecule has 0 aliphatic carbocycles. The summed E-state index contributed by atoms with van der Waals surface area (Å²) in [6.45, 7) is 2.37. The number of rotatable bonds is 8. The molecule has 1 heterocycles. The van der Waals surface area contributed by atoms with Crippen molar-refractivity contribution < 1.29 is 9.53 Å². The van der Waals surface area contributed by atoms with E-state index in [4.69, 9.17) is 4.74 Å². The van der Waals surface area contributed by atoms with Gasteiger partial charge in [0.25, 0.3) is 0 Å². The van der Waals surface area contributed by atoms with Crippen LogP contribution < -0.4 is 10.1 Å². The number of carbonyl (C=O) groups is 1. The van der Waals surface area contributed by atoms with Gasteiger partial charge in [-0.3, -0.25) is 4.79 Å². The van der Waals surface area contributed by atoms with E-state index in [1.807, 2.05) is 41.1 Å². The first kappa shape index (κ1) is 18.1. The van der Waals surface area contributed by atoms with E-state index >= 15 is 0 Å². The third-order valence-corrected chi connectivity index (χ3v) is 4.64. The minimum absolute atomic E-state index is 0.0283. The average Bonchev–Trinajstić information content (AvgIpc) is 3.05. The first-order valence-electron chi connectivity index (χ1n) is 9.12. The summed E-state index contributed by atoms with van der Waals surface area (Å²) in [6, 6.07) is 18.5. The number of benzene rings is 2. The summed E-state index contributed by atoms with van der Waals surface area (Å²) in [7, 11) is 1.65. The van der Waals surface area contributed by atoms with Gasteiger partial charge in [0.15, 0.2) is 0 Å². The molecule has 1 N–H and O–H groups in total. The summed E-state index contributed by atoms with van der Waals surface area (Å²) in [5, 5.41) is 4.18. The van der Waals surface area contributed by atoms with Crippen LogP contribution in [-0.4, -0.2) is 23.6 Å². The molecular formula is C22H26N2O2. The van der Waals surface area contributed by atoms with Crippen LogP contribution in [0.5, 0.6) is 5.75 Å². The Bertz CT molecular complexity index is 855. The maximum absolute atomic E-state index is 12.4. The van der Waals surface area contributed by atoms with Crippen LogP contribution in [0.25, 0.3) is 10.9 Å². The van der Waals surface area contributed by atoms with Crippen LogP contribution in [0.4, 0.5) is 0 Å². The number of ether oxygens (including phenoxy) is 1. The van der Waals surface area contributed by atoms with Gasteiger partial charge in [0.1, 0.15) is 12.3 Å². The average molecular weight is 350 g/mol. The third kappa shape index (κ3) is 4.45. The second-order valence-electron chi connectivity index (χ2n) is 6.69. The first-order chi connectivity index (χ1) is 12.7. The van der Waals surface area contributed by atoms with Crippen molar-refractivity contribution in [1.29, 1.82) is 0 Å². The normalized spacial score (nSPS) is 12.1. The fourth-order valence-electron chi connectivity index (χ4n) is 3.33. The smallest absolute Gasteiger partial charge is 0.240 e. The number of methoxy groups -OCH3 is 1. The molecule has 4 heteroatoms. The highest BCUT2D eigenvalue weighted by atomic mass is 16.5. The summed E-state index contributed by atoms with van der Waals surface area (Å²) < 4.78 is 7.38. The fraction of sp³-hybridized carbons (Fsp3) is 0.318. The van der Waals surface area contributed by atoms with Gasteiger partial charge in [-0.25, -0.2) is 0 Å². The molecule has 4 nitrogen and oxygen atoms in total. The molecule has 3 aromatic rings. The van der Waals surface area contributed by atoms with Crippen LogP contribution in [0.15, 0.2) is 60.8 Å². The maximum Gasteiger partial charge on any atom is 0.240 e. The van der Waals surface area contributed by atoms with E-state index < -0.39 is 0 Å². The van der Waals surface area contributed by atoms with Crippen molar-refractivity contribution in [1.82, 2.24) is 9.88 Å². The largest absolute Gasteiger partial charge is 0.495 e. The Morgan fingerprint density at radius 1 is 1.12 bits per heavy atom. The number of nitrogens with zero attached hydrogens (tertiary/aromatic N) is 1. The maximum atomic E-state index is 12.4. The molecule has 0 radical (unpaired) electrons. The molecule has 1 atom stereocenters. The van der Waals surface area contributed by atoms with E-state index in [2.05, 4.69) is 36.5 Å². The summed E-state index contributed by atoms with van der Waals surface area (Å²) in [6.07, 6.45) is 5.01. The molecule has 0 spiro atoms. The van der Waals surface area contributed by atoms with E-state index in [0.717, 1.165) is 35.9 Å². The number of hydrogen-bond donors (Lipinski definition) is 1. The van der Waals surface area contributed by atoms with Crippen LogP contribution >= 0.6 is 0 Å². The molecule has 3 rings (SSSR count). The van der Waals surface area contributed by atoms with Gasteiger partial charge in [-0.2, -0.15) is 0 Å². The number of hydrogen-bond acceptors (Lipinski definition) is 2. The molecule has 0 aliphatic rings. The Balaban J connectivity index is 1.52. The summed E-state index contributed by atoms with van der Waals surface area (Å²) >= 11 is 0. The molecule has 0 fully saturated rings. The van der Waals surface area contributed by atoms with E-state index in [9.17, 15) is 4.79 Å². The Morgan fingerprint density at radius 2 is 1.92 bits per heavy atom. The van der Waals surface area contributed by atoms with Crippen molar-refractivity contribution in [3.63, 3.8) is 0 Å². The van der Waals surface area contributed by atoms with Gasteiger partial charge in [0.05, 0.1) is 12.6 Å². The Labute approximate surface area is 154 Å². The zero-order valence-corrected chi connectivity index (χ0v) is 15.4. The highest BCUT2D eigenvalue weighted by Gasteiger charge is 2.12. The van der Waals surface area contributed by atoms with Gasteiger partial charge in [-0.05, 0) is 43.9 Å². The van der Waals surface area contributed by atoms with Gasteiger partial charge in [-0.1, -0.05) is 42.5 Å². The zero-order chi connectivity index (χ0) is 18.4. The van der Waals surface area contributed by atoms with Crippen molar-refractivity contribution in [2.24, 2.45) is 0 Å². The number of amides is 1. The molecule has 1 aromatic heterocycles. The molecule has 0 aliphatic heterocycles. The molecule has 0 saturated carbocycles. The fourth-order valence-corrected chi connectivity index (χ4v) is 3.33. The molecule has 26 heavy (non-hydrogen) atoms. The van der Waals surface area contributed by atoms with Crippen molar-refractivity contribution in [3.05, 3.63) is 66.4 Å². The monoisotopic (exact) mass is 350 g/mol. The molecule has 0 unspecified atom stereocenters. The standard InChI is InChI=1S/C22H26N2O2/c1-17(8-6-11-18-9-4-3-5-10-18)23-21(25)16-24-15-14-19-12-7-13-20(26-2)22(19)24/h3-5,7,9-10,12-15,17H,6,8,11,16H2,1-2H3,(H,23,25)/t17-/m0/s1. The van der Waals surface area contributed by atoms with Crippen LogP contribution in [0.3, 0.4) is 0 Å². The topological polar surface area (TPSA) is 43.3 Å². The Hall–Kier alpha value is -2.75. The lowest BCUT2D eigenvalue weighted by atomic mass is 10.1. The predicted molar refractivity (Wildman–Crippen MR) is 105 cm³/mol. The SMILES string of the molecule is COc1cccc2ccn(CC(=O)N[C@@H](C)CCCc3ccccc3)c12. The highest BCUT2D eigenvalue weighted by Crippen LogP contribution is 2.26. The minimum Gasteiger partial charge on any atom is -0.495 e. The summed E-state index contributed by atoms with van der Waals surface area (Å²) in [5.74, 6) is 0.817. The Morgan fingerprint density at radius 3 is 2.69 bits per heavy atom. The van der Waals surface area contributed by atoms with Crippen LogP contribution in [0, 0.1) is 0 Å². The number of aryl methyl sites for hydroxylation is 1. The van der Waals surface area contributed by atoms with E-state index in [-0.39, 0.29) is 11.9 Å². The lowest BCUT2D eigenvalue weighted by molar-refractivity contribution is -0.122. The lowest BCUT2D eigenvalue weighted by Gasteiger charge is -2.15. The first-order valence-corrected chi connectivity index (χ1v) is 9.12. The molecule has 2 aromatic carbocycles. The van der Waals surface area contributed by atoms with Crippen molar-refractivity contribution in [2.45, 2.75) is 38.8 Å². The number of aromatic nitrogens is 1. The predicted octanol–water partition coefficient (Wildman–Crippen LogP) is 4.18. The highest BCUT2D eigenvalue weighted by molar-refractivity contribution is 5.87. The molecular weight excluding hydrogens is 324 g/mol. The van der Waals surface area contributed by atoms with E-state index in [0.29, 0.717) is 6.54 Å². The van der Waals surface area contributed by atoms with Gasteiger partial charge >= 0.3 is 0 Å². The molecule has 1 amide bonds. The van der Waals surface area contributed by atoms with Gasteiger partial charge in [0, 0.05) is 17.6 Å². The Kier molecular flexibility index (Phi) is 5.95. The number of fused-ring (bicyclic) bond motifs is 1. The molecule has 136 valence electrons. The van der Waals surface area contributed by atoms with Crippen molar-refractivity contribution in [2.75, 3.05) is 7.11 Å². The quantitative estimate of drug-likeness (QED) is 0.662. The zero-order valence-electron chi connectivity index (χ0n) is 15.4. The second kappa shape index (κ2) is 8.56. The number of nitrogens with one attached hydrogen (secondary N) is 1.